The minimum Gasteiger partial charge on any atom is -0.490 e. The first-order valence-corrected chi connectivity index (χ1v) is 5.74. The molecule has 0 aliphatic rings. The summed E-state index contributed by atoms with van der Waals surface area (Å²) in [6.45, 7) is 3.65. The largest absolute Gasteiger partial charge is 0.490 e. The van der Waals surface area contributed by atoms with Crippen molar-refractivity contribution in [3.8, 4) is 11.5 Å². The van der Waals surface area contributed by atoms with Crippen LogP contribution in [0.15, 0.2) is 18.2 Å². The van der Waals surface area contributed by atoms with Gasteiger partial charge in [-0.1, -0.05) is 0 Å². The number of carbonyl (C=O) groups excluding carboxylic acids is 1. The van der Waals surface area contributed by atoms with Gasteiger partial charge in [-0.15, -0.1) is 0 Å². The van der Waals surface area contributed by atoms with Gasteiger partial charge < -0.3 is 19.3 Å². The molecule has 0 radical (unpaired) electrons. The lowest BCUT2D eigenvalue weighted by Gasteiger charge is -2.16. The van der Waals surface area contributed by atoms with E-state index in [4.69, 9.17) is 14.6 Å². The van der Waals surface area contributed by atoms with Gasteiger partial charge in [-0.25, -0.2) is 9.59 Å². The van der Waals surface area contributed by atoms with Gasteiger partial charge in [0, 0.05) is 0 Å². The Morgan fingerprint density at radius 1 is 1.32 bits per heavy atom. The van der Waals surface area contributed by atoms with Gasteiger partial charge in [0.05, 0.1) is 19.3 Å². The fraction of sp³-hybridized carbons (Fsp3) is 0.385. The van der Waals surface area contributed by atoms with Crippen molar-refractivity contribution in [2.45, 2.75) is 20.0 Å². The highest BCUT2D eigenvalue weighted by molar-refractivity contribution is 5.88. The number of carboxylic acid groups (broad SMARTS) is 1. The minimum absolute atomic E-state index is 0.0847. The second-order valence-corrected chi connectivity index (χ2v) is 3.68. The molecule has 0 amide bonds. The van der Waals surface area contributed by atoms with Crippen LogP contribution in [0.4, 0.5) is 0 Å². The lowest BCUT2D eigenvalue weighted by atomic mass is 10.2. The van der Waals surface area contributed by atoms with Gasteiger partial charge in [0.15, 0.2) is 17.6 Å². The van der Waals surface area contributed by atoms with Crippen LogP contribution >= 0.6 is 0 Å². The van der Waals surface area contributed by atoms with Crippen LogP contribution in [0.5, 0.6) is 11.5 Å². The molecule has 104 valence electrons. The molecule has 19 heavy (non-hydrogen) atoms. The standard InChI is InChI=1S/C13H16O6/c1-4-18-11-7-9(12(14)15)5-6-10(11)19-8(2)13(16)17-3/h5-8H,4H2,1-3H3,(H,14,15). The summed E-state index contributed by atoms with van der Waals surface area (Å²) in [5, 5.41) is 8.91. The fourth-order valence-corrected chi connectivity index (χ4v) is 1.41. The normalized spacial score (nSPS) is 11.5. The third kappa shape index (κ3) is 3.87. The number of aromatic carboxylic acids is 1. The van der Waals surface area contributed by atoms with Crippen LogP contribution in [-0.4, -0.2) is 36.9 Å². The predicted molar refractivity (Wildman–Crippen MR) is 66.7 cm³/mol. The summed E-state index contributed by atoms with van der Waals surface area (Å²) in [5.74, 6) is -1.01. The molecule has 1 aromatic carbocycles. The Morgan fingerprint density at radius 3 is 2.53 bits per heavy atom. The summed E-state index contributed by atoms with van der Waals surface area (Å²) in [5.41, 5.74) is 0.0847. The van der Waals surface area contributed by atoms with E-state index in [2.05, 4.69) is 4.74 Å². The van der Waals surface area contributed by atoms with E-state index in [1.54, 1.807) is 6.92 Å². The van der Waals surface area contributed by atoms with Gasteiger partial charge in [0.25, 0.3) is 0 Å². The van der Waals surface area contributed by atoms with Crippen LogP contribution in [0.25, 0.3) is 0 Å². The van der Waals surface area contributed by atoms with Crippen LogP contribution in [0.2, 0.25) is 0 Å². The lowest BCUT2D eigenvalue weighted by Crippen LogP contribution is -2.25. The average molecular weight is 268 g/mol. The molecule has 1 rings (SSSR count). The molecule has 0 fully saturated rings. The van der Waals surface area contributed by atoms with Crippen molar-refractivity contribution in [2.24, 2.45) is 0 Å². The molecule has 0 aromatic heterocycles. The van der Waals surface area contributed by atoms with Gasteiger partial charge in [0.2, 0.25) is 0 Å². The first kappa shape index (κ1) is 14.8. The topological polar surface area (TPSA) is 82.1 Å². The molecule has 0 heterocycles. The summed E-state index contributed by atoms with van der Waals surface area (Å²) in [7, 11) is 1.26. The minimum atomic E-state index is -1.06. The molecular weight excluding hydrogens is 252 g/mol. The summed E-state index contributed by atoms with van der Waals surface area (Å²) >= 11 is 0. The Labute approximate surface area is 110 Å². The van der Waals surface area contributed by atoms with E-state index in [-0.39, 0.29) is 11.3 Å². The maximum absolute atomic E-state index is 11.3. The fourth-order valence-electron chi connectivity index (χ4n) is 1.41. The molecule has 0 aliphatic carbocycles. The Bertz CT molecular complexity index is 468. The van der Waals surface area contributed by atoms with Crippen molar-refractivity contribution in [1.82, 2.24) is 0 Å². The molecule has 0 bridgehead atoms. The number of carbonyl (C=O) groups is 2. The highest BCUT2D eigenvalue weighted by Gasteiger charge is 2.18. The van der Waals surface area contributed by atoms with Gasteiger partial charge >= 0.3 is 11.9 Å². The molecule has 0 spiro atoms. The van der Waals surface area contributed by atoms with Crippen LogP contribution in [-0.2, 0) is 9.53 Å². The van der Waals surface area contributed by atoms with Crippen LogP contribution in [0.1, 0.15) is 24.2 Å². The van der Waals surface area contributed by atoms with E-state index in [0.717, 1.165) is 0 Å². The van der Waals surface area contributed by atoms with E-state index in [1.165, 1.54) is 32.2 Å². The summed E-state index contributed by atoms with van der Waals surface area (Å²) in [6.07, 6.45) is -0.806. The SMILES string of the molecule is CCOc1cc(C(=O)O)ccc1OC(C)C(=O)OC. The predicted octanol–water partition coefficient (Wildman–Crippen LogP) is 1.72. The molecule has 0 saturated carbocycles. The molecule has 1 N–H and O–H groups in total. The molecule has 0 aliphatic heterocycles. The summed E-state index contributed by atoms with van der Waals surface area (Å²) in [6, 6.07) is 4.18. The third-order valence-electron chi connectivity index (χ3n) is 2.33. The van der Waals surface area contributed by atoms with Crippen LogP contribution < -0.4 is 9.47 Å². The monoisotopic (exact) mass is 268 g/mol. The number of hydrogen-bond donors (Lipinski definition) is 1. The zero-order valence-corrected chi connectivity index (χ0v) is 11.0. The molecule has 6 heteroatoms. The zero-order chi connectivity index (χ0) is 14.4. The van der Waals surface area contributed by atoms with Gasteiger partial charge in [-0.3, -0.25) is 0 Å². The smallest absolute Gasteiger partial charge is 0.346 e. The van der Waals surface area contributed by atoms with Gasteiger partial charge in [-0.2, -0.15) is 0 Å². The first-order chi connectivity index (χ1) is 8.99. The van der Waals surface area contributed by atoms with Crippen molar-refractivity contribution < 1.29 is 28.9 Å². The van der Waals surface area contributed by atoms with Crippen LogP contribution in [0, 0.1) is 0 Å². The van der Waals surface area contributed by atoms with E-state index in [1.807, 2.05) is 0 Å². The van der Waals surface area contributed by atoms with E-state index in [9.17, 15) is 9.59 Å². The molecular formula is C13H16O6. The summed E-state index contributed by atoms with van der Waals surface area (Å²) < 4.78 is 15.2. The van der Waals surface area contributed by atoms with Crippen molar-refractivity contribution in [3.63, 3.8) is 0 Å². The second kappa shape index (κ2) is 6.63. The van der Waals surface area contributed by atoms with Gasteiger partial charge in [-0.05, 0) is 32.0 Å². The number of methoxy groups -OCH3 is 1. The third-order valence-corrected chi connectivity index (χ3v) is 2.33. The van der Waals surface area contributed by atoms with Crippen molar-refractivity contribution in [3.05, 3.63) is 23.8 Å². The number of esters is 1. The van der Waals surface area contributed by atoms with Crippen molar-refractivity contribution >= 4 is 11.9 Å². The van der Waals surface area contributed by atoms with E-state index < -0.39 is 18.0 Å². The molecule has 1 aromatic rings. The van der Waals surface area contributed by atoms with Crippen LogP contribution in [0.3, 0.4) is 0 Å². The highest BCUT2D eigenvalue weighted by Crippen LogP contribution is 2.29. The van der Waals surface area contributed by atoms with Crippen molar-refractivity contribution in [1.29, 1.82) is 0 Å². The first-order valence-electron chi connectivity index (χ1n) is 5.74. The number of ether oxygens (including phenoxy) is 3. The highest BCUT2D eigenvalue weighted by atomic mass is 16.6. The summed E-state index contributed by atoms with van der Waals surface area (Å²) in [4.78, 5) is 22.2. The average Bonchev–Trinajstić information content (AvgIpc) is 2.39. The maximum atomic E-state index is 11.3. The molecule has 0 saturated heterocycles. The van der Waals surface area contributed by atoms with Gasteiger partial charge in [0.1, 0.15) is 0 Å². The Kier molecular flexibility index (Phi) is 5.17. The second-order valence-electron chi connectivity index (χ2n) is 3.68. The lowest BCUT2D eigenvalue weighted by molar-refractivity contribution is -0.147. The zero-order valence-electron chi connectivity index (χ0n) is 11.0. The molecule has 1 atom stereocenters. The Morgan fingerprint density at radius 2 is 2.00 bits per heavy atom. The molecule has 1 unspecified atom stereocenters. The number of benzene rings is 1. The quantitative estimate of drug-likeness (QED) is 0.791. The Hall–Kier alpha value is -2.24. The van der Waals surface area contributed by atoms with E-state index >= 15 is 0 Å². The Balaban J connectivity index is 2.99. The van der Waals surface area contributed by atoms with E-state index in [0.29, 0.717) is 12.4 Å². The number of carboxylic acids is 1. The van der Waals surface area contributed by atoms with Crippen molar-refractivity contribution in [2.75, 3.05) is 13.7 Å². The number of hydrogen-bond acceptors (Lipinski definition) is 5. The number of rotatable bonds is 6. The molecule has 6 nitrogen and oxygen atoms in total. The maximum Gasteiger partial charge on any atom is 0.346 e.